The van der Waals surface area contributed by atoms with Crippen LogP contribution in [0.5, 0.6) is 0 Å². The zero-order valence-electron chi connectivity index (χ0n) is 12.0. The Morgan fingerprint density at radius 2 is 2.35 bits per heavy atom. The van der Waals surface area contributed by atoms with Gasteiger partial charge in [-0.05, 0) is 25.6 Å². The van der Waals surface area contributed by atoms with Crippen LogP contribution in [0.3, 0.4) is 0 Å². The highest BCUT2D eigenvalue weighted by Crippen LogP contribution is 2.17. The Bertz CT molecular complexity index is 466. The quantitative estimate of drug-likeness (QED) is 0.827. The molecule has 0 radical (unpaired) electrons. The number of anilines is 1. The van der Waals surface area contributed by atoms with E-state index in [9.17, 15) is 4.79 Å². The zero-order valence-corrected chi connectivity index (χ0v) is 12.0. The predicted octanol–water partition coefficient (Wildman–Crippen LogP) is 0.262. The van der Waals surface area contributed by atoms with Crippen LogP contribution < -0.4 is 5.32 Å². The van der Waals surface area contributed by atoms with Crippen molar-refractivity contribution in [3.05, 3.63) is 23.9 Å². The Balaban J connectivity index is 2.13. The lowest BCUT2D eigenvalue weighted by Gasteiger charge is -2.39. The summed E-state index contributed by atoms with van der Waals surface area (Å²) in [5.41, 5.74) is 0.599. The number of amides is 1. The molecule has 2 rings (SSSR count). The van der Waals surface area contributed by atoms with Gasteiger partial charge in [-0.2, -0.15) is 0 Å². The lowest BCUT2D eigenvalue weighted by Crippen LogP contribution is -2.53. The first kappa shape index (κ1) is 14.7. The van der Waals surface area contributed by atoms with Gasteiger partial charge in [-0.3, -0.25) is 9.69 Å². The van der Waals surface area contributed by atoms with E-state index in [4.69, 9.17) is 5.11 Å². The number of hydrogen-bond donors (Lipinski definition) is 2. The van der Waals surface area contributed by atoms with Crippen molar-refractivity contribution in [2.24, 2.45) is 0 Å². The fraction of sp³-hybridized carbons (Fsp3) is 0.571. The number of piperazine rings is 1. The third-order valence-electron chi connectivity index (χ3n) is 3.80. The number of likely N-dealkylation sites (N-methyl/N-ethyl adjacent to an activating group) is 1. The van der Waals surface area contributed by atoms with Gasteiger partial charge in [-0.1, -0.05) is 0 Å². The number of rotatable bonds is 4. The average molecular weight is 278 g/mol. The maximum Gasteiger partial charge on any atom is 0.257 e. The molecule has 6 heteroatoms. The normalized spacial score (nSPS) is 19.9. The summed E-state index contributed by atoms with van der Waals surface area (Å²) in [4.78, 5) is 20.8. The molecule has 1 aromatic heterocycles. The van der Waals surface area contributed by atoms with E-state index in [2.05, 4.69) is 15.2 Å². The van der Waals surface area contributed by atoms with Crippen LogP contribution in [0.25, 0.3) is 0 Å². The van der Waals surface area contributed by atoms with E-state index < -0.39 is 0 Å². The van der Waals surface area contributed by atoms with Crippen LogP contribution in [-0.4, -0.2) is 72.2 Å². The smallest absolute Gasteiger partial charge is 0.257 e. The topological polar surface area (TPSA) is 68.7 Å². The summed E-state index contributed by atoms with van der Waals surface area (Å²) >= 11 is 0. The highest BCUT2D eigenvalue weighted by Gasteiger charge is 2.28. The fourth-order valence-electron chi connectivity index (χ4n) is 2.54. The Morgan fingerprint density at radius 1 is 1.55 bits per heavy atom. The zero-order chi connectivity index (χ0) is 14.5. The molecule has 0 unspecified atom stereocenters. The van der Waals surface area contributed by atoms with E-state index in [-0.39, 0.29) is 18.6 Å². The largest absolute Gasteiger partial charge is 0.396 e. The van der Waals surface area contributed by atoms with Crippen molar-refractivity contribution in [1.29, 1.82) is 0 Å². The van der Waals surface area contributed by atoms with Crippen LogP contribution in [-0.2, 0) is 0 Å². The molecule has 1 amide bonds. The molecule has 1 aromatic rings. The van der Waals surface area contributed by atoms with Gasteiger partial charge in [0.25, 0.3) is 5.91 Å². The van der Waals surface area contributed by atoms with Crippen molar-refractivity contribution in [1.82, 2.24) is 14.8 Å². The molecule has 0 bridgehead atoms. The lowest BCUT2D eigenvalue weighted by atomic mass is 10.1. The molecule has 2 N–H and O–H groups in total. The van der Waals surface area contributed by atoms with Crippen molar-refractivity contribution in [2.75, 3.05) is 45.7 Å². The van der Waals surface area contributed by atoms with E-state index in [0.717, 1.165) is 6.54 Å². The lowest BCUT2D eigenvalue weighted by molar-refractivity contribution is 0.0501. The van der Waals surface area contributed by atoms with Gasteiger partial charge in [0, 0.05) is 45.5 Å². The van der Waals surface area contributed by atoms with Crippen LogP contribution in [0, 0.1) is 0 Å². The van der Waals surface area contributed by atoms with Crippen LogP contribution in [0.1, 0.15) is 16.8 Å². The Morgan fingerprint density at radius 3 is 3.05 bits per heavy atom. The predicted molar refractivity (Wildman–Crippen MR) is 77.8 cm³/mol. The summed E-state index contributed by atoms with van der Waals surface area (Å²) in [6.07, 6.45) is 2.35. The number of nitrogens with zero attached hydrogens (tertiary/aromatic N) is 3. The SMILES string of the molecule is CNc1ncccc1C(=O)N1CCN(C)[C@H](CCO)C1. The van der Waals surface area contributed by atoms with Crippen molar-refractivity contribution in [2.45, 2.75) is 12.5 Å². The maximum absolute atomic E-state index is 12.6. The Kier molecular flexibility index (Phi) is 4.92. The minimum atomic E-state index is -0.00140. The summed E-state index contributed by atoms with van der Waals surface area (Å²) in [5, 5.41) is 12.1. The third-order valence-corrected chi connectivity index (χ3v) is 3.80. The van der Waals surface area contributed by atoms with Crippen LogP contribution in [0.15, 0.2) is 18.3 Å². The monoisotopic (exact) mass is 278 g/mol. The van der Waals surface area contributed by atoms with Crippen LogP contribution in [0.4, 0.5) is 5.82 Å². The molecule has 0 aromatic carbocycles. The minimum absolute atomic E-state index is 0.00140. The first-order valence-corrected chi connectivity index (χ1v) is 6.90. The van der Waals surface area contributed by atoms with Gasteiger partial charge < -0.3 is 15.3 Å². The van der Waals surface area contributed by atoms with Gasteiger partial charge in [0.2, 0.25) is 0 Å². The second-order valence-electron chi connectivity index (χ2n) is 5.05. The molecule has 2 heterocycles. The molecule has 1 aliphatic heterocycles. The molecule has 110 valence electrons. The standard InChI is InChI=1S/C14H22N4O2/c1-15-13-12(4-3-6-16-13)14(20)18-8-7-17(2)11(10-18)5-9-19/h3-4,6,11,19H,5,7-10H2,1-2H3,(H,15,16)/t11-/m1/s1. The molecule has 1 aliphatic rings. The maximum atomic E-state index is 12.6. The third kappa shape index (κ3) is 3.08. The summed E-state index contributed by atoms with van der Waals surface area (Å²) in [5.74, 6) is 0.605. The van der Waals surface area contributed by atoms with Crippen LogP contribution in [0.2, 0.25) is 0 Å². The molecular weight excluding hydrogens is 256 g/mol. The van der Waals surface area contributed by atoms with Crippen molar-refractivity contribution in [3.63, 3.8) is 0 Å². The summed E-state index contributed by atoms with van der Waals surface area (Å²) < 4.78 is 0. The molecule has 1 atom stereocenters. The number of aliphatic hydroxyl groups is 1. The van der Waals surface area contributed by atoms with E-state index in [1.807, 2.05) is 11.9 Å². The van der Waals surface area contributed by atoms with Gasteiger partial charge in [-0.25, -0.2) is 4.98 Å². The second kappa shape index (κ2) is 6.67. The number of carbonyl (C=O) groups excluding carboxylic acids is 1. The van der Waals surface area contributed by atoms with Crippen molar-refractivity contribution < 1.29 is 9.90 Å². The molecule has 0 spiro atoms. The molecule has 6 nitrogen and oxygen atoms in total. The van der Waals surface area contributed by atoms with Gasteiger partial charge >= 0.3 is 0 Å². The Hall–Kier alpha value is -1.66. The van der Waals surface area contributed by atoms with E-state index in [0.29, 0.717) is 30.9 Å². The van der Waals surface area contributed by atoms with E-state index >= 15 is 0 Å². The minimum Gasteiger partial charge on any atom is -0.396 e. The molecule has 1 saturated heterocycles. The van der Waals surface area contributed by atoms with Crippen molar-refractivity contribution >= 4 is 11.7 Å². The highest BCUT2D eigenvalue weighted by molar-refractivity contribution is 5.98. The summed E-state index contributed by atoms with van der Waals surface area (Å²) in [6.45, 7) is 2.32. The fourth-order valence-corrected chi connectivity index (χ4v) is 2.54. The number of hydrogen-bond acceptors (Lipinski definition) is 5. The summed E-state index contributed by atoms with van der Waals surface area (Å²) in [6, 6.07) is 3.78. The number of pyridine rings is 1. The van der Waals surface area contributed by atoms with E-state index in [1.165, 1.54) is 0 Å². The molecule has 0 aliphatic carbocycles. The van der Waals surface area contributed by atoms with Gasteiger partial charge in [-0.15, -0.1) is 0 Å². The molecule has 20 heavy (non-hydrogen) atoms. The van der Waals surface area contributed by atoms with Crippen LogP contribution >= 0.6 is 0 Å². The number of aromatic nitrogens is 1. The number of aliphatic hydroxyl groups excluding tert-OH is 1. The van der Waals surface area contributed by atoms with Gasteiger partial charge in [0.15, 0.2) is 0 Å². The first-order valence-electron chi connectivity index (χ1n) is 6.90. The molecule has 1 fully saturated rings. The highest BCUT2D eigenvalue weighted by atomic mass is 16.3. The van der Waals surface area contributed by atoms with Crippen molar-refractivity contribution in [3.8, 4) is 0 Å². The molecule has 0 saturated carbocycles. The number of nitrogens with one attached hydrogen (secondary N) is 1. The number of carbonyl (C=O) groups is 1. The second-order valence-corrected chi connectivity index (χ2v) is 5.05. The molecular formula is C14H22N4O2. The van der Waals surface area contributed by atoms with Gasteiger partial charge in [0.05, 0.1) is 5.56 Å². The Labute approximate surface area is 119 Å². The van der Waals surface area contributed by atoms with Gasteiger partial charge in [0.1, 0.15) is 5.82 Å². The van der Waals surface area contributed by atoms with E-state index in [1.54, 1.807) is 25.4 Å². The first-order chi connectivity index (χ1) is 9.67. The average Bonchev–Trinajstić information content (AvgIpc) is 2.49. The summed E-state index contributed by atoms with van der Waals surface area (Å²) in [7, 11) is 3.79.